The zero-order valence-corrected chi connectivity index (χ0v) is 16.7. The van der Waals surface area contributed by atoms with Gasteiger partial charge in [0.05, 0.1) is 25.0 Å². The quantitative estimate of drug-likeness (QED) is 0.662. The summed E-state index contributed by atoms with van der Waals surface area (Å²) in [5, 5.41) is 12.5. The Morgan fingerprint density at radius 2 is 2.03 bits per heavy atom. The summed E-state index contributed by atoms with van der Waals surface area (Å²) >= 11 is 0. The van der Waals surface area contributed by atoms with E-state index in [1.165, 1.54) is 0 Å². The minimum Gasteiger partial charge on any atom is -0.497 e. The zero-order valence-electron chi connectivity index (χ0n) is 16.7. The highest BCUT2D eigenvalue weighted by atomic mass is 16.5. The Morgan fingerprint density at radius 3 is 2.79 bits per heavy atom. The molecule has 0 N–H and O–H groups in total. The second kappa shape index (κ2) is 7.90. The average molecular weight is 393 g/mol. The third-order valence-corrected chi connectivity index (χ3v) is 4.96. The number of methoxy groups -OCH3 is 1. The van der Waals surface area contributed by atoms with Crippen LogP contribution >= 0.6 is 0 Å². The minimum atomic E-state index is -0.0953. The highest BCUT2D eigenvalue weighted by Crippen LogP contribution is 2.25. The fourth-order valence-corrected chi connectivity index (χ4v) is 3.38. The smallest absolute Gasteiger partial charge is 0.272 e. The van der Waals surface area contributed by atoms with Crippen LogP contribution in [0, 0.1) is 6.92 Å². The van der Waals surface area contributed by atoms with Gasteiger partial charge < -0.3 is 14.4 Å². The second-order valence-electron chi connectivity index (χ2n) is 7.06. The molecule has 1 atom stereocenters. The first kappa shape index (κ1) is 18.9. The molecule has 4 rings (SSSR count). The predicted octanol–water partition coefficient (Wildman–Crippen LogP) is 2.49. The van der Waals surface area contributed by atoms with Crippen molar-refractivity contribution in [1.29, 1.82) is 0 Å². The van der Waals surface area contributed by atoms with Crippen molar-refractivity contribution < 1.29 is 14.3 Å². The molecule has 1 aromatic carbocycles. The number of benzene rings is 1. The Bertz CT molecular complexity index is 1020. The van der Waals surface area contributed by atoms with E-state index in [4.69, 9.17) is 9.47 Å². The largest absolute Gasteiger partial charge is 0.497 e. The summed E-state index contributed by atoms with van der Waals surface area (Å²) in [5.74, 6) is 1.17. The molecule has 0 aliphatic carbocycles. The Labute approximate surface area is 169 Å². The van der Waals surface area contributed by atoms with Crippen molar-refractivity contribution in [3.8, 4) is 22.9 Å². The molecule has 0 saturated carbocycles. The van der Waals surface area contributed by atoms with E-state index >= 15 is 0 Å². The van der Waals surface area contributed by atoms with Crippen molar-refractivity contribution in [1.82, 2.24) is 24.9 Å². The van der Waals surface area contributed by atoms with E-state index in [1.54, 1.807) is 29.8 Å². The van der Waals surface area contributed by atoms with Crippen LogP contribution in [-0.4, -0.2) is 57.1 Å². The Kier molecular flexibility index (Phi) is 5.16. The maximum atomic E-state index is 13.0. The lowest BCUT2D eigenvalue weighted by Gasteiger charge is -2.16. The normalized spacial score (nSPS) is 16.1. The molecule has 0 radical (unpaired) electrons. The van der Waals surface area contributed by atoms with Crippen molar-refractivity contribution >= 4 is 5.91 Å². The first-order valence-electron chi connectivity index (χ1n) is 9.48. The van der Waals surface area contributed by atoms with Crippen LogP contribution in [0.1, 0.15) is 22.6 Å². The van der Waals surface area contributed by atoms with Gasteiger partial charge >= 0.3 is 0 Å². The van der Waals surface area contributed by atoms with Gasteiger partial charge in [0.25, 0.3) is 5.91 Å². The van der Waals surface area contributed by atoms with Gasteiger partial charge in [0.2, 0.25) is 5.88 Å². The summed E-state index contributed by atoms with van der Waals surface area (Å²) in [4.78, 5) is 14.8. The molecule has 0 spiro atoms. The predicted molar refractivity (Wildman–Crippen MR) is 107 cm³/mol. The number of rotatable bonds is 5. The SMILES string of the molecule is COc1cccc(-c2cc(C(=O)N3CCC(Oc4ccc(C)nn4)C3)n(C)n2)c1. The number of carbonyl (C=O) groups excluding carboxylic acids is 1. The number of nitrogens with zero attached hydrogens (tertiary/aromatic N) is 5. The number of hydrogen-bond acceptors (Lipinski definition) is 6. The zero-order chi connectivity index (χ0) is 20.4. The molecule has 2 aromatic heterocycles. The van der Waals surface area contributed by atoms with E-state index in [2.05, 4.69) is 15.3 Å². The lowest BCUT2D eigenvalue weighted by molar-refractivity contribution is 0.0760. The van der Waals surface area contributed by atoms with Gasteiger partial charge in [0.15, 0.2) is 0 Å². The van der Waals surface area contributed by atoms with Gasteiger partial charge in [-0.2, -0.15) is 10.2 Å². The Hall–Kier alpha value is -3.42. The molecule has 8 nitrogen and oxygen atoms in total. The molecule has 3 heterocycles. The summed E-state index contributed by atoms with van der Waals surface area (Å²) in [6, 6.07) is 13.1. The van der Waals surface area contributed by atoms with Gasteiger partial charge in [-0.1, -0.05) is 12.1 Å². The third-order valence-electron chi connectivity index (χ3n) is 4.96. The van der Waals surface area contributed by atoms with Gasteiger partial charge in [-0.25, -0.2) is 0 Å². The third kappa shape index (κ3) is 4.06. The molecule has 1 aliphatic rings. The van der Waals surface area contributed by atoms with Crippen LogP contribution in [0.5, 0.6) is 11.6 Å². The van der Waals surface area contributed by atoms with Crippen LogP contribution in [0.25, 0.3) is 11.3 Å². The molecule has 150 valence electrons. The summed E-state index contributed by atoms with van der Waals surface area (Å²) in [5.41, 5.74) is 3.01. The summed E-state index contributed by atoms with van der Waals surface area (Å²) in [6.45, 7) is 3.01. The minimum absolute atomic E-state index is 0.0600. The molecule has 8 heteroatoms. The van der Waals surface area contributed by atoms with Crippen molar-refractivity contribution in [2.75, 3.05) is 20.2 Å². The van der Waals surface area contributed by atoms with E-state index in [1.807, 2.05) is 43.3 Å². The highest BCUT2D eigenvalue weighted by Gasteiger charge is 2.30. The van der Waals surface area contributed by atoms with E-state index in [9.17, 15) is 4.79 Å². The molecule has 1 aliphatic heterocycles. The molecule has 1 amide bonds. The highest BCUT2D eigenvalue weighted by molar-refractivity contribution is 5.94. The van der Waals surface area contributed by atoms with E-state index in [0.717, 1.165) is 29.1 Å². The van der Waals surface area contributed by atoms with E-state index in [0.29, 0.717) is 24.7 Å². The average Bonchev–Trinajstić information content (AvgIpc) is 3.36. The second-order valence-corrected chi connectivity index (χ2v) is 7.06. The van der Waals surface area contributed by atoms with Crippen molar-refractivity contribution in [2.45, 2.75) is 19.4 Å². The van der Waals surface area contributed by atoms with Crippen molar-refractivity contribution in [3.05, 3.63) is 53.9 Å². The van der Waals surface area contributed by atoms with Gasteiger partial charge in [0.1, 0.15) is 17.5 Å². The van der Waals surface area contributed by atoms with Gasteiger partial charge in [-0.15, -0.1) is 5.10 Å². The molecule has 1 unspecified atom stereocenters. The van der Waals surface area contributed by atoms with E-state index < -0.39 is 0 Å². The van der Waals surface area contributed by atoms with Gasteiger partial charge in [-0.05, 0) is 31.2 Å². The van der Waals surface area contributed by atoms with Crippen LogP contribution in [0.15, 0.2) is 42.5 Å². The van der Waals surface area contributed by atoms with Gasteiger partial charge in [-0.3, -0.25) is 9.48 Å². The number of hydrogen-bond donors (Lipinski definition) is 0. The number of carbonyl (C=O) groups is 1. The number of aryl methyl sites for hydroxylation is 2. The first-order chi connectivity index (χ1) is 14.0. The van der Waals surface area contributed by atoms with E-state index in [-0.39, 0.29) is 12.0 Å². The molecule has 1 saturated heterocycles. The number of likely N-dealkylation sites (tertiary alicyclic amines) is 1. The summed E-state index contributed by atoms with van der Waals surface area (Å²) in [7, 11) is 3.41. The molecular weight excluding hydrogens is 370 g/mol. The fraction of sp³-hybridized carbons (Fsp3) is 0.333. The molecule has 29 heavy (non-hydrogen) atoms. The standard InChI is InChI=1S/C21H23N5O3/c1-14-7-8-20(23-22-14)29-17-9-10-26(13-17)21(27)19-12-18(24-25(19)2)15-5-4-6-16(11-15)28-3/h4-8,11-12,17H,9-10,13H2,1-3H3. The van der Waals surface area contributed by atoms with Gasteiger partial charge in [0, 0.05) is 31.6 Å². The molecular formula is C21H23N5O3. The van der Waals surface area contributed by atoms with Crippen molar-refractivity contribution in [2.24, 2.45) is 7.05 Å². The Balaban J connectivity index is 1.46. The topological polar surface area (TPSA) is 82.4 Å². The summed E-state index contributed by atoms with van der Waals surface area (Å²) in [6.07, 6.45) is 0.657. The number of amides is 1. The molecule has 0 bridgehead atoms. The lowest BCUT2D eigenvalue weighted by atomic mass is 10.1. The van der Waals surface area contributed by atoms with Crippen LogP contribution in [0.2, 0.25) is 0 Å². The van der Waals surface area contributed by atoms with Crippen LogP contribution in [0.3, 0.4) is 0 Å². The molecule has 3 aromatic rings. The monoisotopic (exact) mass is 393 g/mol. The Morgan fingerprint density at radius 1 is 1.17 bits per heavy atom. The molecule has 1 fully saturated rings. The maximum absolute atomic E-state index is 13.0. The van der Waals surface area contributed by atoms with Crippen LogP contribution < -0.4 is 9.47 Å². The number of ether oxygens (including phenoxy) is 2. The maximum Gasteiger partial charge on any atom is 0.272 e. The lowest BCUT2D eigenvalue weighted by Crippen LogP contribution is -2.32. The summed E-state index contributed by atoms with van der Waals surface area (Å²) < 4.78 is 12.8. The fourth-order valence-electron chi connectivity index (χ4n) is 3.38. The number of aromatic nitrogens is 4. The van der Waals surface area contributed by atoms with Crippen LogP contribution in [0.4, 0.5) is 0 Å². The van der Waals surface area contributed by atoms with Crippen molar-refractivity contribution in [3.63, 3.8) is 0 Å². The first-order valence-corrected chi connectivity index (χ1v) is 9.48. The van der Waals surface area contributed by atoms with Crippen LogP contribution in [-0.2, 0) is 7.05 Å².